The van der Waals surface area contributed by atoms with Gasteiger partial charge in [-0.3, -0.25) is 4.79 Å². The lowest BCUT2D eigenvalue weighted by molar-refractivity contribution is 0.0528. The minimum absolute atomic E-state index is 0.239. The highest BCUT2D eigenvalue weighted by Crippen LogP contribution is 2.24. The quantitative estimate of drug-likeness (QED) is 0.627. The number of hydrogen-bond acceptors (Lipinski definition) is 4. The molecule has 0 aliphatic heterocycles. The number of nitrogens with one attached hydrogen (secondary N) is 1. The average molecular weight is 401 g/mol. The summed E-state index contributed by atoms with van der Waals surface area (Å²) in [7, 11) is 0. The molecule has 0 saturated carbocycles. The fourth-order valence-corrected chi connectivity index (χ4v) is 2.89. The summed E-state index contributed by atoms with van der Waals surface area (Å²) < 4.78 is 5.93. The maximum atomic E-state index is 12.1. The second kappa shape index (κ2) is 6.85. The molecule has 4 nitrogen and oxygen atoms in total. The van der Waals surface area contributed by atoms with Gasteiger partial charge in [-0.1, -0.05) is 6.07 Å². The Morgan fingerprint density at radius 1 is 1.35 bits per heavy atom. The minimum atomic E-state index is -0.424. The van der Waals surface area contributed by atoms with Gasteiger partial charge in [0.2, 0.25) is 0 Å². The van der Waals surface area contributed by atoms with Gasteiger partial charge in [0.05, 0.1) is 12.2 Å². The van der Waals surface area contributed by atoms with Gasteiger partial charge in [-0.25, -0.2) is 4.79 Å². The van der Waals surface area contributed by atoms with E-state index in [0.29, 0.717) is 22.7 Å². The number of benzene rings is 1. The molecule has 1 aromatic heterocycles. The maximum Gasteiger partial charge on any atom is 0.341 e. The van der Waals surface area contributed by atoms with E-state index in [2.05, 4.69) is 27.9 Å². The summed E-state index contributed by atoms with van der Waals surface area (Å²) in [6.45, 7) is 2.05. The Morgan fingerprint density at radius 2 is 2.15 bits per heavy atom. The van der Waals surface area contributed by atoms with Crippen molar-refractivity contribution in [2.24, 2.45) is 0 Å². The van der Waals surface area contributed by atoms with Crippen molar-refractivity contribution in [3.63, 3.8) is 0 Å². The molecule has 1 aromatic carbocycles. The van der Waals surface area contributed by atoms with Crippen molar-refractivity contribution >= 4 is 50.8 Å². The van der Waals surface area contributed by atoms with Gasteiger partial charge >= 0.3 is 5.97 Å². The number of ether oxygens (including phenoxy) is 1. The van der Waals surface area contributed by atoms with Crippen molar-refractivity contribution in [1.29, 1.82) is 0 Å². The van der Waals surface area contributed by atoms with Gasteiger partial charge < -0.3 is 10.1 Å². The van der Waals surface area contributed by atoms with Crippen molar-refractivity contribution in [2.45, 2.75) is 6.92 Å². The Kier molecular flexibility index (Phi) is 5.13. The number of carbonyl (C=O) groups is 2. The van der Waals surface area contributed by atoms with Gasteiger partial charge in [0, 0.05) is 9.13 Å². The maximum absolute atomic E-state index is 12.1. The number of thiophene rings is 1. The van der Waals surface area contributed by atoms with E-state index >= 15 is 0 Å². The molecule has 1 heterocycles. The zero-order valence-corrected chi connectivity index (χ0v) is 13.7. The van der Waals surface area contributed by atoms with Crippen LogP contribution in [0.3, 0.4) is 0 Å². The number of hydrogen-bond donors (Lipinski definition) is 1. The number of amides is 1. The summed E-state index contributed by atoms with van der Waals surface area (Å²) in [5.41, 5.74) is 0.941. The molecular formula is C14H12INO3S. The summed E-state index contributed by atoms with van der Waals surface area (Å²) in [5.74, 6) is -0.664. The van der Waals surface area contributed by atoms with Crippen LogP contribution in [0.25, 0.3) is 0 Å². The van der Waals surface area contributed by atoms with E-state index in [4.69, 9.17) is 4.74 Å². The predicted octanol–water partition coefficient (Wildman–Crippen LogP) is 3.78. The number of esters is 1. The van der Waals surface area contributed by atoms with Gasteiger partial charge in [0.15, 0.2) is 0 Å². The molecule has 104 valence electrons. The van der Waals surface area contributed by atoms with Crippen molar-refractivity contribution in [2.75, 3.05) is 11.9 Å². The normalized spacial score (nSPS) is 10.1. The molecular weight excluding hydrogens is 389 g/mol. The summed E-state index contributed by atoms with van der Waals surface area (Å²) in [4.78, 5) is 23.9. The minimum Gasteiger partial charge on any atom is -0.462 e. The lowest BCUT2D eigenvalue weighted by Gasteiger charge is -2.06. The first-order chi connectivity index (χ1) is 9.61. The van der Waals surface area contributed by atoms with Crippen LogP contribution in [0.15, 0.2) is 35.7 Å². The van der Waals surface area contributed by atoms with Gasteiger partial charge in [0.1, 0.15) is 5.00 Å². The van der Waals surface area contributed by atoms with Crippen LogP contribution in [0.1, 0.15) is 27.6 Å². The van der Waals surface area contributed by atoms with Crippen LogP contribution >= 0.6 is 33.9 Å². The summed E-state index contributed by atoms with van der Waals surface area (Å²) in [5, 5.41) is 5.00. The van der Waals surface area contributed by atoms with Gasteiger partial charge in [-0.15, -0.1) is 11.3 Å². The van der Waals surface area contributed by atoms with E-state index in [0.717, 1.165) is 3.57 Å². The number of carbonyl (C=O) groups excluding carboxylic acids is 2. The number of rotatable bonds is 4. The van der Waals surface area contributed by atoms with E-state index in [1.807, 2.05) is 12.1 Å². The number of halogens is 1. The molecule has 0 radical (unpaired) electrons. The largest absolute Gasteiger partial charge is 0.462 e. The molecule has 2 rings (SSSR count). The van der Waals surface area contributed by atoms with E-state index in [1.54, 1.807) is 30.5 Å². The topological polar surface area (TPSA) is 55.4 Å². The molecule has 20 heavy (non-hydrogen) atoms. The molecule has 1 N–H and O–H groups in total. The van der Waals surface area contributed by atoms with E-state index in [-0.39, 0.29) is 5.91 Å². The molecule has 1 amide bonds. The molecule has 6 heteroatoms. The van der Waals surface area contributed by atoms with Crippen molar-refractivity contribution in [3.05, 3.63) is 50.4 Å². The fourth-order valence-electron chi connectivity index (χ4n) is 1.58. The van der Waals surface area contributed by atoms with Gasteiger partial charge in [-0.05, 0) is 59.2 Å². The first-order valence-corrected chi connectivity index (χ1v) is 7.89. The smallest absolute Gasteiger partial charge is 0.341 e. The highest BCUT2D eigenvalue weighted by molar-refractivity contribution is 14.1. The first kappa shape index (κ1) is 15.0. The van der Waals surface area contributed by atoms with Crippen LogP contribution in [0, 0.1) is 3.57 Å². The second-order valence-electron chi connectivity index (χ2n) is 3.85. The molecule has 0 spiro atoms. The molecule has 0 fully saturated rings. The molecule has 2 aromatic rings. The second-order valence-corrected chi connectivity index (χ2v) is 6.01. The molecule has 0 aliphatic carbocycles. The predicted molar refractivity (Wildman–Crippen MR) is 87.4 cm³/mol. The van der Waals surface area contributed by atoms with E-state index < -0.39 is 5.97 Å². The van der Waals surface area contributed by atoms with Crippen molar-refractivity contribution < 1.29 is 14.3 Å². The Labute approximate surface area is 134 Å². The highest BCUT2D eigenvalue weighted by atomic mass is 127. The average Bonchev–Trinajstić information content (AvgIpc) is 2.87. The Hall–Kier alpha value is -1.41. The summed E-state index contributed by atoms with van der Waals surface area (Å²) in [6.07, 6.45) is 0. The van der Waals surface area contributed by atoms with Crippen LogP contribution in [0.4, 0.5) is 5.00 Å². The molecule has 0 bridgehead atoms. The third-order valence-corrected chi connectivity index (χ3v) is 3.98. The van der Waals surface area contributed by atoms with Crippen LogP contribution in [0.5, 0.6) is 0 Å². The number of anilines is 1. The fraction of sp³-hybridized carbons (Fsp3) is 0.143. The Balaban J connectivity index is 2.16. The SMILES string of the molecule is CCOC(=O)c1ccsc1NC(=O)c1cccc(I)c1. The zero-order valence-electron chi connectivity index (χ0n) is 10.7. The highest BCUT2D eigenvalue weighted by Gasteiger charge is 2.16. The molecule has 0 atom stereocenters. The zero-order chi connectivity index (χ0) is 14.5. The van der Waals surface area contributed by atoms with Crippen LogP contribution in [0.2, 0.25) is 0 Å². The van der Waals surface area contributed by atoms with E-state index in [1.165, 1.54) is 11.3 Å². The Morgan fingerprint density at radius 3 is 2.85 bits per heavy atom. The lowest BCUT2D eigenvalue weighted by Crippen LogP contribution is -2.14. The Bertz CT molecular complexity index is 639. The summed E-state index contributed by atoms with van der Waals surface area (Å²) >= 11 is 3.44. The first-order valence-electron chi connectivity index (χ1n) is 5.93. The molecule has 0 unspecified atom stereocenters. The van der Waals surface area contributed by atoms with Gasteiger partial charge in [-0.2, -0.15) is 0 Å². The van der Waals surface area contributed by atoms with Crippen molar-refractivity contribution in [3.8, 4) is 0 Å². The standard InChI is InChI=1S/C14H12INO3S/c1-2-19-14(18)11-6-7-20-13(11)16-12(17)9-4-3-5-10(15)8-9/h3-8H,2H2,1H3,(H,16,17). The summed E-state index contributed by atoms with van der Waals surface area (Å²) in [6, 6.07) is 8.89. The third kappa shape index (κ3) is 3.57. The lowest BCUT2D eigenvalue weighted by atomic mass is 10.2. The van der Waals surface area contributed by atoms with E-state index in [9.17, 15) is 9.59 Å². The molecule has 0 saturated heterocycles. The van der Waals surface area contributed by atoms with Crippen molar-refractivity contribution in [1.82, 2.24) is 0 Å². The monoisotopic (exact) mass is 401 g/mol. The third-order valence-electron chi connectivity index (χ3n) is 2.47. The van der Waals surface area contributed by atoms with Crippen LogP contribution in [-0.2, 0) is 4.74 Å². The van der Waals surface area contributed by atoms with Gasteiger partial charge in [0.25, 0.3) is 5.91 Å². The van der Waals surface area contributed by atoms with Crippen LogP contribution in [-0.4, -0.2) is 18.5 Å². The molecule has 0 aliphatic rings. The van der Waals surface area contributed by atoms with Crippen LogP contribution < -0.4 is 5.32 Å².